The number of rotatable bonds is 3. The maximum Gasteiger partial charge on any atom is 0.0613 e. The Morgan fingerprint density at radius 1 is 1.29 bits per heavy atom. The number of nitrogens with one attached hydrogen (secondary N) is 1. The molecule has 0 radical (unpaired) electrons. The smallest absolute Gasteiger partial charge is 0.0613 e. The lowest BCUT2D eigenvalue weighted by Gasteiger charge is -2.46. The van der Waals surface area contributed by atoms with Gasteiger partial charge in [-0.2, -0.15) is 0 Å². The zero-order chi connectivity index (χ0) is 12.5. The van der Waals surface area contributed by atoms with E-state index in [-0.39, 0.29) is 12.1 Å². The number of aliphatic hydroxyl groups is 1. The fourth-order valence-electron chi connectivity index (χ4n) is 3.85. The Hall–Kier alpha value is -0.120. The molecule has 0 aromatic heterocycles. The molecule has 1 saturated heterocycles. The predicted molar refractivity (Wildman–Crippen MR) is 71.2 cm³/mol. The minimum atomic E-state index is -0.0262. The van der Waals surface area contributed by atoms with Crippen LogP contribution in [0.1, 0.15) is 52.4 Å². The summed E-state index contributed by atoms with van der Waals surface area (Å²) in [5, 5.41) is 13.0. The minimum absolute atomic E-state index is 0.0262. The molecule has 17 heavy (non-hydrogen) atoms. The second-order valence-corrected chi connectivity index (χ2v) is 6.55. The first-order chi connectivity index (χ1) is 8.03. The normalized spacial score (nSPS) is 38.5. The lowest BCUT2D eigenvalue weighted by Crippen LogP contribution is -2.56. The average Bonchev–Trinajstić information content (AvgIpc) is 2.69. The van der Waals surface area contributed by atoms with Crippen molar-refractivity contribution in [3.8, 4) is 0 Å². The molecule has 2 unspecified atom stereocenters. The summed E-state index contributed by atoms with van der Waals surface area (Å²) >= 11 is 0. The molecule has 2 aliphatic rings. The third kappa shape index (κ3) is 2.51. The number of likely N-dealkylation sites (N-methyl/N-ethyl adjacent to an activating group) is 1. The lowest BCUT2D eigenvalue weighted by molar-refractivity contribution is 0.0344. The Balaban J connectivity index is 2.07. The van der Waals surface area contributed by atoms with Crippen LogP contribution >= 0.6 is 0 Å². The third-order valence-electron chi connectivity index (χ3n) is 5.06. The molecule has 2 N–H and O–H groups in total. The van der Waals surface area contributed by atoms with Crippen molar-refractivity contribution < 1.29 is 5.11 Å². The maximum atomic E-state index is 9.65. The van der Waals surface area contributed by atoms with Crippen molar-refractivity contribution in [1.82, 2.24) is 10.2 Å². The summed E-state index contributed by atoms with van der Waals surface area (Å²) in [7, 11) is 1.99. The van der Waals surface area contributed by atoms with Crippen molar-refractivity contribution in [2.24, 2.45) is 0 Å². The Bertz CT molecular complexity index is 261. The highest BCUT2D eigenvalue weighted by atomic mass is 16.3. The molecular weight excluding hydrogens is 212 g/mol. The van der Waals surface area contributed by atoms with E-state index in [1.165, 1.54) is 32.2 Å². The molecule has 2 fully saturated rings. The van der Waals surface area contributed by atoms with E-state index in [1.807, 2.05) is 7.05 Å². The number of likely N-dealkylation sites (tertiary alicyclic amines) is 1. The Kier molecular flexibility index (Phi) is 3.81. The van der Waals surface area contributed by atoms with Crippen LogP contribution in [0.3, 0.4) is 0 Å². The minimum Gasteiger partial charge on any atom is -0.394 e. The summed E-state index contributed by atoms with van der Waals surface area (Å²) < 4.78 is 0. The maximum absolute atomic E-state index is 9.65. The monoisotopic (exact) mass is 240 g/mol. The molecule has 3 nitrogen and oxygen atoms in total. The summed E-state index contributed by atoms with van der Waals surface area (Å²) in [5.41, 5.74) is 0.332. The summed E-state index contributed by atoms with van der Waals surface area (Å²) in [6.07, 6.45) is 7.39. The third-order valence-corrected chi connectivity index (χ3v) is 5.06. The van der Waals surface area contributed by atoms with Gasteiger partial charge in [0.2, 0.25) is 0 Å². The molecule has 100 valence electrons. The van der Waals surface area contributed by atoms with Gasteiger partial charge in [0, 0.05) is 17.1 Å². The second kappa shape index (κ2) is 4.87. The molecule has 0 spiro atoms. The Morgan fingerprint density at radius 3 is 2.59 bits per heavy atom. The number of nitrogens with zero attached hydrogens (tertiary/aromatic N) is 1. The quantitative estimate of drug-likeness (QED) is 0.789. The summed E-state index contributed by atoms with van der Waals surface area (Å²) in [6.45, 7) is 6.25. The highest BCUT2D eigenvalue weighted by molar-refractivity contribution is 5.00. The van der Waals surface area contributed by atoms with Crippen molar-refractivity contribution in [2.45, 2.75) is 69.5 Å². The molecule has 1 aliphatic heterocycles. The highest BCUT2D eigenvalue weighted by Crippen LogP contribution is 2.38. The summed E-state index contributed by atoms with van der Waals surface area (Å²) in [6, 6.07) is 0.654. The van der Waals surface area contributed by atoms with Gasteiger partial charge in [0.15, 0.2) is 0 Å². The zero-order valence-corrected chi connectivity index (χ0v) is 11.6. The van der Waals surface area contributed by atoms with E-state index >= 15 is 0 Å². The van der Waals surface area contributed by atoms with Gasteiger partial charge in [0.05, 0.1) is 6.61 Å². The van der Waals surface area contributed by atoms with Gasteiger partial charge in [-0.15, -0.1) is 0 Å². The van der Waals surface area contributed by atoms with Crippen molar-refractivity contribution in [2.75, 3.05) is 20.2 Å². The number of aliphatic hydroxyl groups excluding tert-OH is 1. The van der Waals surface area contributed by atoms with E-state index < -0.39 is 0 Å². The van der Waals surface area contributed by atoms with Crippen LogP contribution in [0.4, 0.5) is 0 Å². The Morgan fingerprint density at radius 2 is 2.06 bits per heavy atom. The van der Waals surface area contributed by atoms with Crippen LogP contribution in [0.2, 0.25) is 0 Å². The van der Waals surface area contributed by atoms with E-state index in [0.29, 0.717) is 11.6 Å². The van der Waals surface area contributed by atoms with Crippen molar-refractivity contribution in [3.63, 3.8) is 0 Å². The molecule has 1 saturated carbocycles. The fourth-order valence-corrected chi connectivity index (χ4v) is 3.85. The molecule has 0 bridgehead atoms. The zero-order valence-electron chi connectivity index (χ0n) is 11.6. The van der Waals surface area contributed by atoms with Gasteiger partial charge in [0.1, 0.15) is 0 Å². The van der Waals surface area contributed by atoms with Crippen LogP contribution in [-0.4, -0.2) is 47.3 Å². The lowest BCUT2D eigenvalue weighted by atomic mass is 9.78. The van der Waals surface area contributed by atoms with Crippen LogP contribution in [0.5, 0.6) is 0 Å². The van der Waals surface area contributed by atoms with E-state index in [0.717, 1.165) is 12.8 Å². The van der Waals surface area contributed by atoms with Crippen LogP contribution < -0.4 is 5.32 Å². The SMILES string of the molecule is CNC1(CO)CCCC(N2CCCC2(C)C)C1. The summed E-state index contributed by atoms with van der Waals surface area (Å²) in [4.78, 5) is 2.69. The van der Waals surface area contributed by atoms with E-state index in [9.17, 15) is 5.11 Å². The fraction of sp³-hybridized carbons (Fsp3) is 1.00. The molecule has 1 heterocycles. The first kappa shape index (κ1) is 13.3. The molecule has 0 aromatic carbocycles. The second-order valence-electron chi connectivity index (χ2n) is 6.55. The molecule has 0 aromatic rings. The van der Waals surface area contributed by atoms with Crippen molar-refractivity contribution >= 4 is 0 Å². The first-order valence-corrected chi connectivity index (χ1v) is 7.09. The molecule has 0 amide bonds. The molecule has 3 heteroatoms. The van der Waals surface area contributed by atoms with Crippen LogP contribution in [0.15, 0.2) is 0 Å². The van der Waals surface area contributed by atoms with E-state index in [4.69, 9.17) is 0 Å². The Labute approximate surface area is 106 Å². The largest absolute Gasteiger partial charge is 0.394 e. The molecule has 1 aliphatic carbocycles. The first-order valence-electron chi connectivity index (χ1n) is 7.09. The van der Waals surface area contributed by atoms with Gasteiger partial charge in [-0.1, -0.05) is 0 Å². The molecule has 2 rings (SSSR count). The van der Waals surface area contributed by atoms with Crippen molar-refractivity contribution in [3.05, 3.63) is 0 Å². The van der Waals surface area contributed by atoms with Crippen LogP contribution in [0, 0.1) is 0 Å². The summed E-state index contributed by atoms with van der Waals surface area (Å²) in [5.74, 6) is 0. The standard InChI is InChI=1S/C14H28N2O/c1-13(2)7-5-9-16(13)12-6-4-8-14(10-12,11-17)15-3/h12,15,17H,4-11H2,1-3H3. The van der Waals surface area contributed by atoms with Crippen LogP contribution in [-0.2, 0) is 0 Å². The van der Waals surface area contributed by atoms with E-state index in [1.54, 1.807) is 0 Å². The van der Waals surface area contributed by atoms with Crippen molar-refractivity contribution in [1.29, 1.82) is 0 Å². The van der Waals surface area contributed by atoms with Gasteiger partial charge >= 0.3 is 0 Å². The van der Waals surface area contributed by atoms with Crippen LogP contribution in [0.25, 0.3) is 0 Å². The van der Waals surface area contributed by atoms with E-state index in [2.05, 4.69) is 24.1 Å². The molecular formula is C14H28N2O. The topological polar surface area (TPSA) is 35.5 Å². The highest BCUT2D eigenvalue weighted by Gasteiger charge is 2.42. The van der Waals surface area contributed by atoms with Gasteiger partial charge in [-0.05, 0) is 66.0 Å². The van der Waals surface area contributed by atoms with Gasteiger partial charge in [0.25, 0.3) is 0 Å². The predicted octanol–water partition coefficient (Wildman–Crippen LogP) is 1.75. The van der Waals surface area contributed by atoms with Gasteiger partial charge in [-0.25, -0.2) is 0 Å². The van der Waals surface area contributed by atoms with Gasteiger partial charge < -0.3 is 10.4 Å². The molecule has 2 atom stereocenters. The average molecular weight is 240 g/mol. The number of hydrogen-bond acceptors (Lipinski definition) is 3. The van der Waals surface area contributed by atoms with Gasteiger partial charge in [-0.3, -0.25) is 4.90 Å². The number of hydrogen-bond donors (Lipinski definition) is 2.